The molecule has 0 bridgehead atoms. The minimum Gasteiger partial charge on any atom is -0.508 e. The Kier molecular flexibility index (Phi) is 7.12. The molecule has 32 heavy (non-hydrogen) atoms. The van der Waals surface area contributed by atoms with Crippen molar-refractivity contribution in [3.05, 3.63) is 60.2 Å². The highest BCUT2D eigenvalue weighted by molar-refractivity contribution is 5.88. The first-order valence-corrected chi connectivity index (χ1v) is 9.89. The van der Waals surface area contributed by atoms with E-state index in [-0.39, 0.29) is 42.0 Å². The molecule has 0 aliphatic carbocycles. The van der Waals surface area contributed by atoms with Crippen LogP contribution in [0.3, 0.4) is 0 Å². The average molecular weight is 438 g/mol. The topological polar surface area (TPSA) is 109 Å². The lowest BCUT2D eigenvalue weighted by Gasteiger charge is -2.18. The first-order valence-electron chi connectivity index (χ1n) is 9.89. The van der Waals surface area contributed by atoms with Crippen LogP contribution < -0.4 is 14.2 Å². The molecule has 4 N–H and O–H groups in total. The average Bonchev–Trinajstić information content (AvgIpc) is 2.79. The first kappa shape index (κ1) is 22.8. The van der Waals surface area contributed by atoms with E-state index in [1.807, 2.05) is 0 Å². The number of methoxy groups -OCH3 is 2. The summed E-state index contributed by atoms with van der Waals surface area (Å²) in [5.74, 6) is 0.740. The van der Waals surface area contributed by atoms with Crippen LogP contribution in [-0.2, 0) is 0 Å². The van der Waals surface area contributed by atoms with Gasteiger partial charge in [-0.2, -0.15) is 0 Å². The molecule has 0 aromatic heterocycles. The van der Waals surface area contributed by atoms with Gasteiger partial charge < -0.3 is 34.6 Å². The van der Waals surface area contributed by atoms with Crippen molar-refractivity contribution < 1.29 is 34.6 Å². The molecule has 0 radical (unpaired) electrons. The van der Waals surface area contributed by atoms with E-state index >= 15 is 0 Å². The number of phenols is 3. The molecule has 168 valence electrons. The van der Waals surface area contributed by atoms with E-state index in [0.717, 1.165) is 11.1 Å². The van der Waals surface area contributed by atoms with Gasteiger partial charge in [-0.05, 0) is 60.0 Å². The second-order valence-electron chi connectivity index (χ2n) is 7.13. The molecule has 0 aliphatic rings. The molecular formula is C25H26O7. The molecule has 0 atom stereocenters. The number of aromatic hydroxyl groups is 3. The van der Waals surface area contributed by atoms with Crippen molar-refractivity contribution >= 4 is 0 Å². The van der Waals surface area contributed by atoms with Crippen molar-refractivity contribution in [2.45, 2.75) is 6.92 Å². The van der Waals surface area contributed by atoms with Crippen LogP contribution in [0.4, 0.5) is 0 Å². The highest BCUT2D eigenvalue weighted by atomic mass is 16.5. The molecule has 0 saturated heterocycles. The Morgan fingerprint density at radius 2 is 1.56 bits per heavy atom. The predicted octanol–water partition coefficient (Wildman–Crippen LogP) is 4.47. The maximum atomic E-state index is 11.0. The summed E-state index contributed by atoms with van der Waals surface area (Å²) in [5.41, 5.74) is 2.92. The zero-order chi connectivity index (χ0) is 23.3. The number of hydrogen-bond donors (Lipinski definition) is 4. The maximum absolute atomic E-state index is 11.0. The lowest BCUT2D eigenvalue weighted by Crippen LogP contribution is -1.98. The molecular weight excluding hydrogens is 412 g/mol. The number of aliphatic hydroxyl groups excluding tert-OH is 1. The van der Waals surface area contributed by atoms with Crippen molar-refractivity contribution in [2.24, 2.45) is 0 Å². The summed E-state index contributed by atoms with van der Waals surface area (Å²) in [6.07, 6.45) is 1.72. The van der Waals surface area contributed by atoms with Crippen LogP contribution in [0.15, 0.2) is 60.2 Å². The van der Waals surface area contributed by atoms with E-state index in [4.69, 9.17) is 19.3 Å². The fourth-order valence-electron chi connectivity index (χ4n) is 3.26. The number of rotatable bonds is 8. The van der Waals surface area contributed by atoms with Gasteiger partial charge in [0.2, 0.25) is 0 Å². The lowest BCUT2D eigenvalue weighted by molar-refractivity contribution is 0.320. The molecule has 0 aliphatic heterocycles. The number of ether oxygens (including phenoxy) is 3. The van der Waals surface area contributed by atoms with Crippen LogP contribution in [0.25, 0.3) is 22.3 Å². The third-order valence-corrected chi connectivity index (χ3v) is 4.99. The van der Waals surface area contributed by atoms with Gasteiger partial charge in [0.25, 0.3) is 0 Å². The van der Waals surface area contributed by atoms with Crippen LogP contribution in [0, 0.1) is 0 Å². The summed E-state index contributed by atoms with van der Waals surface area (Å²) >= 11 is 0. The zero-order valence-corrected chi connectivity index (χ0v) is 18.1. The van der Waals surface area contributed by atoms with Gasteiger partial charge in [-0.3, -0.25) is 0 Å². The van der Waals surface area contributed by atoms with E-state index in [1.165, 1.54) is 20.3 Å². The van der Waals surface area contributed by atoms with E-state index in [0.29, 0.717) is 22.4 Å². The van der Waals surface area contributed by atoms with Gasteiger partial charge in [-0.15, -0.1) is 0 Å². The van der Waals surface area contributed by atoms with Crippen molar-refractivity contribution in [3.8, 4) is 56.8 Å². The fourth-order valence-corrected chi connectivity index (χ4v) is 3.26. The molecule has 0 heterocycles. The number of hydrogen-bond acceptors (Lipinski definition) is 7. The second kappa shape index (κ2) is 9.98. The van der Waals surface area contributed by atoms with Crippen molar-refractivity contribution in [1.82, 2.24) is 0 Å². The Bertz CT molecular complexity index is 1120. The van der Waals surface area contributed by atoms with E-state index in [2.05, 4.69) is 0 Å². The summed E-state index contributed by atoms with van der Waals surface area (Å²) in [7, 11) is 2.93. The van der Waals surface area contributed by atoms with Crippen LogP contribution in [0.2, 0.25) is 0 Å². The lowest BCUT2D eigenvalue weighted by atomic mass is 9.96. The molecule has 0 fully saturated rings. The van der Waals surface area contributed by atoms with Crippen molar-refractivity contribution in [3.63, 3.8) is 0 Å². The van der Waals surface area contributed by atoms with Gasteiger partial charge in [0.15, 0.2) is 23.0 Å². The standard InChI is InChI=1S/C25H26O7/c1-15(14-26)10-11-32-21-9-6-17(12-20(21)28)23-22(30-2)13-19(25(31-3)24(23)29)16-4-7-18(27)8-5-16/h4-10,12-13,26-29H,11,14H2,1-3H3/b15-10-. The molecule has 0 spiro atoms. The molecule has 0 amide bonds. The Balaban J connectivity index is 2.04. The highest BCUT2D eigenvalue weighted by Crippen LogP contribution is 2.50. The van der Waals surface area contributed by atoms with Gasteiger partial charge in [0.05, 0.1) is 26.4 Å². The number of phenolic OH excluding ortho intramolecular Hbond substituents is 3. The Morgan fingerprint density at radius 1 is 0.875 bits per heavy atom. The van der Waals surface area contributed by atoms with Crippen LogP contribution in [0.1, 0.15) is 6.92 Å². The fraction of sp³-hybridized carbons (Fsp3) is 0.200. The minimum atomic E-state index is -0.149. The van der Waals surface area contributed by atoms with Crippen LogP contribution in [-0.4, -0.2) is 47.9 Å². The number of benzene rings is 3. The summed E-state index contributed by atoms with van der Waals surface area (Å²) < 4.78 is 16.6. The third kappa shape index (κ3) is 4.73. The second-order valence-corrected chi connectivity index (χ2v) is 7.13. The molecule has 0 unspecified atom stereocenters. The third-order valence-electron chi connectivity index (χ3n) is 4.99. The van der Waals surface area contributed by atoms with Gasteiger partial charge >= 0.3 is 0 Å². The minimum absolute atomic E-state index is 0.0602. The number of aliphatic hydroxyl groups is 1. The summed E-state index contributed by atoms with van der Waals surface area (Å²) in [5, 5.41) is 40.1. The quantitative estimate of drug-likeness (QED) is 0.384. The molecule has 3 rings (SSSR count). The smallest absolute Gasteiger partial charge is 0.170 e. The first-order chi connectivity index (χ1) is 15.4. The van der Waals surface area contributed by atoms with Crippen molar-refractivity contribution in [2.75, 3.05) is 27.4 Å². The SMILES string of the molecule is COc1cc(-c2ccc(O)cc2)c(OC)c(O)c1-c1ccc(OC/C=C(/C)CO)c(O)c1. The Morgan fingerprint density at radius 3 is 2.16 bits per heavy atom. The van der Waals surface area contributed by atoms with E-state index in [9.17, 15) is 15.3 Å². The molecule has 3 aromatic carbocycles. The Hall–Kier alpha value is -3.84. The summed E-state index contributed by atoms with van der Waals surface area (Å²) in [6, 6.07) is 13.0. The molecule has 7 nitrogen and oxygen atoms in total. The van der Waals surface area contributed by atoms with Gasteiger partial charge in [0.1, 0.15) is 18.1 Å². The molecule has 7 heteroatoms. The van der Waals surface area contributed by atoms with E-state index < -0.39 is 0 Å². The summed E-state index contributed by atoms with van der Waals surface area (Å²) in [6.45, 7) is 1.91. The largest absolute Gasteiger partial charge is 0.508 e. The van der Waals surface area contributed by atoms with Gasteiger partial charge in [0, 0.05) is 5.56 Å². The van der Waals surface area contributed by atoms with Crippen molar-refractivity contribution in [1.29, 1.82) is 0 Å². The monoisotopic (exact) mass is 438 g/mol. The zero-order valence-electron chi connectivity index (χ0n) is 18.1. The van der Waals surface area contributed by atoms with Crippen LogP contribution >= 0.6 is 0 Å². The normalized spacial score (nSPS) is 11.3. The molecule has 0 saturated carbocycles. The summed E-state index contributed by atoms with van der Waals surface area (Å²) in [4.78, 5) is 0. The van der Waals surface area contributed by atoms with Gasteiger partial charge in [-0.25, -0.2) is 0 Å². The van der Waals surface area contributed by atoms with Gasteiger partial charge in [-0.1, -0.05) is 18.2 Å². The maximum Gasteiger partial charge on any atom is 0.170 e. The van der Waals surface area contributed by atoms with E-state index in [1.54, 1.807) is 55.5 Å². The highest BCUT2D eigenvalue weighted by Gasteiger charge is 2.22. The predicted molar refractivity (Wildman–Crippen MR) is 122 cm³/mol. The van der Waals surface area contributed by atoms with Crippen LogP contribution in [0.5, 0.6) is 34.5 Å². The Labute approximate surface area is 186 Å². The molecule has 3 aromatic rings.